The number of piperidine rings is 1. The lowest BCUT2D eigenvalue weighted by molar-refractivity contribution is 0.387. The molecule has 3 heteroatoms. The molecule has 1 fully saturated rings. The number of benzene rings is 1. The van der Waals surface area contributed by atoms with E-state index < -0.39 is 0 Å². The minimum atomic E-state index is 0.738. The first kappa shape index (κ1) is 12.9. The highest BCUT2D eigenvalue weighted by atomic mass is 15.1. The third-order valence-electron chi connectivity index (χ3n) is 3.68. The fourth-order valence-electron chi connectivity index (χ4n) is 2.63. The second-order valence-corrected chi connectivity index (χ2v) is 5.01. The van der Waals surface area contributed by atoms with Crippen molar-refractivity contribution in [2.45, 2.75) is 19.3 Å². The first-order chi connectivity index (χ1) is 8.83. The van der Waals surface area contributed by atoms with Crippen LogP contribution in [0.2, 0.25) is 0 Å². The minimum absolute atomic E-state index is 0.738. The van der Waals surface area contributed by atoms with Gasteiger partial charge in [0.2, 0.25) is 0 Å². The average Bonchev–Trinajstić information content (AvgIpc) is 2.45. The van der Waals surface area contributed by atoms with Crippen LogP contribution in [0.1, 0.15) is 24.8 Å². The van der Waals surface area contributed by atoms with Crippen molar-refractivity contribution in [1.82, 2.24) is 5.32 Å². The molecule has 1 aromatic carbocycles. The van der Waals surface area contributed by atoms with E-state index >= 15 is 0 Å². The molecule has 1 aliphatic rings. The third kappa shape index (κ3) is 3.24. The predicted octanol–water partition coefficient (Wildman–Crippen LogP) is 2.38. The van der Waals surface area contributed by atoms with E-state index in [0.29, 0.717) is 0 Å². The molecule has 1 atom stereocenters. The Bertz CT molecular complexity index is 405. The molecule has 0 spiro atoms. The van der Waals surface area contributed by atoms with Crippen molar-refractivity contribution in [1.29, 1.82) is 5.26 Å². The van der Waals surface area contributed by atoms with Gasteiger partial charge in [-0.1, -0.05) is 0 Å². The largest absolute Gasteiger partial charge is 0.371 e. The van der Waals surface area contributed by atoms with Gasteiger partial charge in [-0.3, -0.25) is 0 Å². The summed E-state index contributed by atoms with van der Waals surface area (Å²) in [6.45, 7) is 3.39. The zero-order valence-electron chi connectivity index (χ0n) is 11.0. The van der Waals surface area contributed by atoms with Gasteiger partial charge >= 0.3 is 0 Å². The highest BCUT2D eigenvalue weighted by Crippen LogP contribution is 2.24. The van der Waals surface area contributed by atoms with E-state index in [9.17, 15) is 0 Å². The van der Waals surface area contributed by atoms with Crippen LogP contribution in [-0.2, 0) is 0 Å². The van der Waals surface area contributed by atoms with Gasteiger partial charge in [-0.2, -0.15) is 5.26 Å². The Morgan fingerprint density at radius 1 is 1.39 bits per heavy atom. The molecule has 1 saturated heterocycles. The lowest BCUT2D eigenvalue weighted by atomic mass is 9.94. The Morgan fingerprint density at radius 3 is 2.83 bits per heavy atom. The molecular weight excluding hydrogens is 222 g/mol. The smallest absolute Gasteiger partial charge is 0.0991 e. The monoisotopic (exact) mass is 243 g/mol. The van der Waals surface area contributed by atoms with Gasteiger partial charge in [0.05, 0.1) is 11.6 Å². The van der Waals surface area contributed by atoms with Crippen molar-refractivity contribution in [3.05, 3.63) is 29.8 Å². The minimum Gasteiger partial charge on any atom is -0.371 e. The molecule has 0 amide bonds. The number of hydrogen-bond acceptors (Lipinski definition) is 3. The summed E-state index contributed by atoms with van der Waals surface area (Å²) >= 11 is 0. The summed E-state index contributed by atoms with van der Waals surface area (Å²) in [5.74, 6) is 0.793. The van der Waals surface area contributed by atoms with E-state index in [2.05, 4.69) is 28.4 Å². The molecule has 1 N–H and O–H groups in total. The maximum absolute atomic E-state index is 8.81. The molecule has 18 heavy (non-hydrogen) atoms. The molecular formula is C15H21N3. The van der Waals surface area contributed by atoms with Gasteiger partial charge < -0.3 is 10.2 Å². The molecule has 2 rings (SSSR count). The summed E-state index contributed by atoms with van der Waals surface area (Å²) in [4.78, 5) is 2.45. The van der Waals surface area contributed by atoms with Crippen LogP contribution < -0.4 is 10.2 Å². The summed E-state index contributed by atoms with van der Waals surface area (Å²) in [6.07, 6.45) is 3.87. The Hall–Kier alpha value is -1.53. The van der Waals surface area contributed by atoms with E-state index in [0.717, 1.165) is 31.1 Å². The van der Waals surface area contributed by atoms with Crippen molar-refractivity contribution in [3.63, 3.8) is 0 Å². The van der Waals surface area contributed by atoms with Gasteiger partial charge in [-0.15, -0.1) is 0 Å². The molecule has 0 aromatic heterocycles. The summed E-state index contributed by atoms with van der Waals surface area (Å²) in [7, 11) is 2.02. The predicted molar refractivity (Wildman–Crippen MR) is 74.6 cm³/mol. The van der Waals surface area contributed by atoms with E-state index in [1.807, 2.05) is 19.2 Å². The van der Waals surface area contributed by atoms with Crippen molar-refractivity contribution < 1.29 is 0 Å². The van der Waals surface area contributed by atoms with Gasteiger partial charge in [0, 0.05) is 18.8 Å². The molecule has 0 aliphatic carbocycles. The molecule has 1 unspecified atom stereocenters. The Kier molecular flexibility index (Phi) is 4.60. The van der Waals surface area contributed by atoms with E-state index in [1.54, 1.807) is 0 Å². The summed E-state index contributed by atoms with van der Waals surface area (Å²) < 4.78 is 0. The van der Waals surface area contributed by atoms with Crippen LogP contribution in [0.4, 0.5) is 5.69 Å². The molecule has 0 bridgehead atoms. The second kappa shape index (κ2) is 6.42. The van der Waals surface area contributed by atoms with Crippen molar-refractivity contribution in [3.8, 4) is 6.07 Å². The number of nitriles is 1. The van der Waals surface area contributed by atoms with Crippen molar-refractivity contribution in [2.24, 2.45) is 5.92 Å². The summed E-state index contributed by atoms with van der Waals surface area (Å²) in [6, 6.07) is 10.1. The van der Waals surface area contributed by atoms with Crippen molar-refractivity contribution in [2.75, 3.05) is 31.6 Å². The number of rotatable bonds is 4. The molecule has 3 nitrogen and oxygen atoms in total. The van der Waals surface area contributed by atoms with Crippen LogP contribution in [0, 0.1) is 17.2 Å². The van der Waals surface area contributed by atoms with Gasteiger partial charge in [0.25, 0.3) is 0 Å². The first-order valence-electron chi connectivity index (χ1n) is 6.73. The van der Waals surface area contributed by atoms with E-state index in [1.165, 1.54) is 24.9 Å². The van der Waals surface area contributed by atoms with E-state index in [-0.39, 0.29) is 0 Å². The highest BCUT2D eigenvalue weighted by molar-refractivity contribution is 5.50. The van der Waals surface area contributed by atoms with E-state index in [4.69, 9.17) is 5.26 Å². The average molecular weight is 243 g/mol. The molecule has 0 radical (unpaired) electrons. The summed E-state index contributed by atoms with van der Waals surface area (Å²) in [5.41, 5.74) is 1.99. The second-order valence-electron chi connectivity index (χ2n) is 5.01. The van der Waals surface area contributed by atoms with Crippen LogP contribution in [0.15, 0.2) is 24.3 Å². The molecule has 96 valence electrons. The van der Waals surface area contributed by atoms with Crippen LogP contribution in [0.3, 0.4) is 0 Å². The van der Waals surface area contributed by atoms with Gasteiger partial charge in [-0.05, 0) is 63.0 Å². The van der Waals surface area contributed by atoms with Crippen LogP contribution in [0.25, 0.3) is 0 Å². The van der Waals surface area contributed by atoms with Crippen LogP contribution in [0.5, 0.6) is 0 Å². The molecule has 1 aromatic rings. The summed E-state index contributed by atoms with van der Waals surface area (Å²) in [5, 5.41) is 12.0. The van der Waals surface area contributed by atoms with Gasteiger partial charge in [-0.25, -0.2) is 0 Å². The van der Waals surface area contributed by atoms with Crippen LogP contribution >= 0.6 is 0 Å². The number of hydrogen-bond donors (Lipinski definition) is 1. The number of nitrogens with one attached hydrogen (secondary N) is 1. The molecule has 0 saturated carbocycles. The van der Waals surface area contributed by atoms with Crippen LogP contribution in [-0.4, -0.2) is 26.7 Å². The topological polar surface area (TPSA) is 39.1 Å². The maximum atomic E-state index is 8.81. The molecule has 1 aliphatic heterocycles. The zero-order valence-corrected chi connectivity index (χ0v) is 11.0. The molecule has 1 heterocycles. The fourth-order valence-corrected chi connectivity index (χ4v) is 2.63. The zero-order chi connectivity index (χ0) is 12.8. The lowest BCUT2D eigenvalue weighted by Gasteiger charge is -2.34. The lowest BCUT2D eigenvalue weighted by Crippen LogP contribution is -2.36. The van der Waals surface area contributed by atoms with Crippen molar-refractivity contribution >= 4 is 5.69 Å². The standard InChI is InChI=1S/C15H21N3/c1-17-9-8-14-3-2-10-18(12-14)15-6-4-13(11-16)5-7-15/h4-7,14,17H,2-3,8-10,12H2,1H3. The SMILES string of the molecule is CNCCC1CCCN(c2ccc(C#N)cc2)C1. The Balaban J connectivity index is 1.97. The number of anilines is 1. The van der Waals surface area contributed by atoms with Gasteiger partial charge in [0.1, 0.15) is 0 Å². The Labute approximate surface area is 109 Å². The van der Waals surface area contributed by atoms with Gasteiger partial charge in [0.15, 0.2) is 0 Å². The normalized spacial score (nSPS) is 19.6. The first-order valence-corrected chi connectivity index (χ1v) is 6.73. The quantitative estimate of drug-likeness (QED) is 0.882. The number of nitrogens with zero attached hydrogens (tertiary/aromatic N) is 2. The highest BCUT2D eigenvalue weighted by Gasteiger charge is 2.19. The maximum Gasteiger partial charge on any atom is 0.0991 e. The Morgan fingerprint density at radius 2 is 2.17 bits per heavy atom. The third-order valence-corrected chi connectivity index (χ3v) is 3.68. The fraction of sp³-hybridized carbons (Fsp3) is 0.533.